The molecule has 2 heteroatoms. The molecule has 15 heavy (non-hydrogen) atoms. The van der Waals surface area contributed by atoms with E-state index in [-0.39, 0.29) is 0 Å². The van der Waals surface area contributed by atoms with Crippen LogP contribution in [0.5, 0.6) is 0 Å². The standard InChI is InChI=1S/C13H19NO/c14-9-13(7-11-3-4-15-8-11)6-10-1-2-12(13)5-10/h3-4,8,10,12H,1-2,5-7,9,14H2. The van der Waals surface area contributed by atoms with Crippen LogP contribution in [0.2, 0.25) is 0 Å². The highest BCUT2D eigenvalue weighted by molar-refractivity contribution is 5.13. The van der Waals surface area contributed by atoms with Crippen LogP contribution in [0.4, 0.5) is 0 Å². The van der Waals surface area contributed by atoms with Crippen molar-refractivity contribution in [3.8, 4) is 0 Å². The van der Waals surface area contributed by atoms with Crippen molar-refractivity contribution in [1.82, 2.24) is 0 Å². The Bertz CT molecular complexity index is 332. The zero-order valence-electron chi connectivity index (χ0n) is 9.11. The number of hydrogen-bond donors (Lipinski definition) is 1. The number of rotatable bonds is 3. The van der Waals surface area contributed by atoms with E-state index in [0.717, 1.165) is 24.8 Å². The molecule has 3 unspecified atom stereocenters. The fourth-order valence-electron chi connectivity index (χ4n) is 3.90. The molecule has 0 spiro atoms. The van der Waals surface area contributed by atoms with Gasteiger partial charge in [-0.3, -0.25) is 0 Å². The summed E-state index contributed by atoms with van der Waals surface area (Å²) in [5, 5.41) is 0. The van der Waals surface area contributed by atoms with E-state index in [0.29, 0.717) is 5.41 Å². The molecule has 2 N–H and O–H groups in total. The summed E-state index contributed by atoms with van der Waals surface area (Å²) < 4.78 is 5.15. The Morgan fingerprint density at radius 1 is 1.47 bits per heavy atom. The second kappa shape index (κ2) is 3.38. The second-order valence-electron chi connectivity index (χ2n) is 5.45. The lowest BCUT2D eigenvalue weighted by Crippen LogP contribution is -2.37. The van der Waals surface area contributed by atoms with Crippen LogP contribution < -0.4 is 5.73 Å². The molecule has 0 amide bonds. The smallest absolute Gasteiger partial charge is 0.0934 e. The quantitative estimate of drug-likeness (QED) is 0.823. The van der Waals surface area contributed by atoms with E-state index in [1.165, 1.54) is 31.2 Å². The number of hydrogen-bond acceptors (Lipinski definition) is 2. The molecule has 0 saturated heterocycles. The average Bonchev–Trinajstić information content (AvgIpc) is 2.93. The Hall–Kier alpha value is -0.760. The summed E-state index contributed by atoms with van der Waals surface area (Å²) in [6.45, 7) is 0.847. The summed E-state index contributed by atoms with van der Waals surface area (Å²) in [6, 6.07) is 2.09. The van der Waals surface area contributed by atoms with Crippen molar-refractivity contribution in [2.45, 2.75) is 32.1 Å². The largest absolute Gasteiger partial charge is 0.472 e. The minimum Gasteiger partial charge on any atom is -0.472 e. The minimum atomic E-state index is 0.396. The lowest BCUT2D eigenvalue weighted by molar-refractivity contribution is 0.171. The SMILES string of the molecule is NCC1(Cc2ccoc2)CC2CCC1C2. The first-order valence-corrected chi connectivity index (χ1v) is 6.03. The van der Waals surface area contributed by atoms with Crippen LogP contribution in [0.3, 0.4) is 0 Å². The van der Waals surface area contributed by atoms with Crippen molar-refractivity contribution in [3.63, 3.8) is 0 Å². The van der Waals surface area contributed by atoms with Crippen LogP contribution in [0.1, 0.15) is 31.2 Å². The summed E-state index contributed by atoms with van der Waals surface area (Å²) >= 11 is 0. The molecule has 3 rings (SSSR count). The highest BCUT2D eigenvalue weighted by Crippen LogP contribution is 2.56. The summed E-state index contributed by atoms with van der Waals surface area (Å²) in [6.07, 6.45) is 10.4. The van der Waals surface area contributed by atoms with Gasteiger partial charge in [-0.15, -0.1) is 0 Å². The molecular weight excluding hydrogens is 186 g/mol. The van der Waals surface area contributed by atoms with Gasteiger partial charge in [-0.2, -0.15) is 0 Å². The average molecular weight is 205 g/mol. The van der Waals surface area contributed by atoms with Gasteiger partial charge in [0.15, 0.2) is 0 Å². The predicted octanol–water partition coefficient (Wildman–Crippen LogP) is 2.59. The van der Waals surface area contributed by atoms with E-state index in [4.69, 9.17) is 10.2 Å². The maximum Gasteiger partial charge on any atom is 0.0934 e. The third kappa shape index (κ3) is 1.43. The van der Waals surface area contributed by atoms with E-state index >= 15 is 0 Å². The molecule has 0 radical (unpaired) electrons. The third-order valence-corrected chi connectivity index (χ3v) is 4.65. The molecule has 82 valence electrons. The Balaban J connectivity index is 1.82. The molecule has 1 aromatic heterocycles. The van der Waals surface area contributed by atoms with Gasteiger partial charge in [0.05, 0.1) is 12.5 Å². The van der Waals surface area contributed by atoms with Crippen LogP contribution >= 0.6 is 0 Å². The second-order valence-corrected chi connectivity index (χ2v) is 5.45. The molecule has 2 aliphatic carbocycles. The molecule has 2 bridgehead atoms. The molecule has 2 nitrogen and oxygen atoms in total. The van der Waals surface area contributed by atoms with E-state index in [9.17, 15) is 0 Å². The molecule has 1 heterocycles. The third-order valence-electron chi connectivity index (χ3n) is 4.65. The van der Waals surface area contributed by atoms with E-state index in [1.807, 2.05) is 6.26 Å². The first-order valence-electron chi connectivity index (χ1n) is 6.03. The van der Waals surface area contributed by atoms with Crippen molar-refractivity contribution in [3.05, 3.63) is 24.2 Å². The van der Waals surface area contributed by atoms with Gasteiger partial charge in [0.1, 0.15) is 0 Å². The zero-order chi connectivity index (χ0) is 10.3. The number of furan rings is 1. The molecule has 1 aromatic rings. The van der Waals surface area contributed by atoms with Crippen LogP contribution in [0, 0.1) is 17.3 Å². The van der Waals surface area contributed by atoms with Crippen LogP contribution in [0.25, 0.3) is 0 Å². The van der Waals surface area contributed by atoms with Gasteiger partial charge in [-0.1, -0.05) is 6.42 Å². The van der Waals surface area contributed by atoms with E-state index < -0.39 is 0 Å². The molecular formula is C13H19NO. The Labute approximate surface area is 90.8 Å². The van der Waals surface area contributed by atoms with Crippen molar-refractivity contribution in [2.24, 2.45) is 23.0 Å². The summed E-state index contributed by atoms with van der Waals surface area (Å²) in [7, 11) is 0. The van der Waals surface area contributed by atoms with Crippen molar-refractivity contribution in [1.29, 1.82) is 0 Å². The highest BCUT2D eigenvalue weighted by atomic mass is 16.3. The lowest BCUT2D eigenvalue weighted by atomic mass is 9.70. The van der Waals surface area contributed by atoms with Gasteiger partial charge in [0, 0.05) is 0 Å². The predicted molar refractivity (Wildman–Crippen MR) is 59.3 cm³/mol. The van der Waals surface area contributed by atoms with Crippen LogP contribution in [-0.2, 0) is 6.42 Å². The van der Waals surface area contributed by atoms with E-state index in [2.05, 4.69) is 6.07 Å². The molecule has 0 aromatic carbocycles. The maximum absolute atomic E-state index is 6.04. The Morgan fingerprint density at radius 2 is 2.40 bits per heavy atom. The number of fused-ring (bicyclic) bond motifs is 2. The first-order chi connectivity index (χ1) is 7.32. The fraction of sp³-hybridized carbons (Fsp3) is 0.692. The highest BCUT2D eigenvalue weighted by Gasteiger charge is 2.49. The summed E-state index contributed by atoms with van der Waals surface area (Å²) in [5.74, 6) is 1.84. The van der Waals surface area contributed by atoms with Crippen LogP contribution in [0.15, 0.2) is 23.0 Å². The topological polar surface area (TPSA) is 39.2 Å². The van der Waals surface area contributed by atoms with Gasteiger partial charge >= 0.3 is 0 Å². The molecule has 0 aliphatic heterocycles. The van der Waals surface area contributed by atoms with Gasteiger partial charge in [-0.25, -0.2) is 0 Å². The molecule has 2 saturated carbocycles. The Kier molecular flexibility index (Phi) is 2.13. The molecule has 2 fully saturated rings. The van der Waals surface area contributed by atoms with E-state index in [1.54, 1.807) is 6.26 Å². The monoisotopic (exact) mass is 205 g/mol. The zero-order valence-corrected chi connectivity index (χ0v) is 9.11. The Morgan fingerprint density at radius 3 is 2.93 bits per heavy atom. The van der Waals surface area contributed by atoms with Gasteiger partial charge in [-0.05, 0) is 61.1 Å². The van der Waals surface area contributed by atoms with Crippen molar-refractivity contribution >= 4 is 0 Å². The van der Waals surface area contributed by atoms with Crippen molar-refractivity contribution < 1.29 is 4.42 Å². The molecule has 3 atom stereocenters. The molecule has 2 aliphatic rings. The van der Waals surface area contributed by atoms with Crippen LogP contribution in [-0.4, -0.2) is 6.54 Å². The fourth-order valence-corrected chi connectivity index (χ4v) is 3.90. The lowest BCUT2D eigenvalue weighted by Gasteiger charge is -2.36. The normalized spacial score (nSPS) is 38.7. The van der Waals surface area contributed by atoms with Gasteiger partial charge in [0.25, 0.3) is 0 Å². The number of nitrogens with two attached hydrogens (primary N) is 1. The first kappa shape index (κ1) is 9.46. The van der Waals surface area contributed by atoms with Gasteiger partial charge < -0.3 is 10.2 Å². The maximum atomic E-state index is 6.04. The summed E-state index contributed by atoms with van der Waals surface area (Å²) in [5.41, 5.74) is 7.76. The summed E-state index contributed by atoms with van der Waals surface area (Å²) in [4.78, 5) is 0. The van der Waals surface area contributed by atoms with Crippen molar-refractivity contribution in [2.75, 3.05) is 6.54 Å². The minimum absolute atomic E-state index is 0.396. The van der Waals surface area contributed by atoms with Gasteiger partial charge in [0.2, 0.25) is 0 Å².